The fourth-order valence-electron chi connectivity index (χ4n) is 1.94. The van der Waals surface area contributed by atoms with Crippen molar-refractivity contribution in [1.82, 2.24) is 0 Å². The van der Waals surface area contributed by atoms with Gasteiger partial charge < -0.3 is 15.6 Å². The van der Waals surface area contributed by atoms with Crippen molar-refractivity contribution in [3.8, 4) is 5.75 Å². The van der Waals surface area contributed by atoms with E-state index in [0.29, 0.717) is 29.2 Å². The SMILES string of the molecule is CCOc1ccccc1C(O)c1cc(Br)ccc1N. The topological polar surface area (TPSA) is 55.5 Å². The Morgan fingerprint density at radius 2 is 1.95 bits per heavy atom. The molecule has 3 N–H and O–H groups in total. The monoisotopic (exact) mass is 321 g/mol. The zero-order valence-electron chi connectivity index (χ0n) is 10.6. The Morgan fingerprint density at radius 3 is 2.68 bits per heavy atom. The van der Waals surface area contributed by atoms with Crippen molar-refractivity contribution in [2.45, 2.75) is 13.0 Å². The van der Waals surface area contributed by atoms with E-state index in [4.69, 9.17) is 10.5 Å². The van der Waals surface area contributed by atoms with E-state index in [2.05, 4.69) is 15.9 Å². The Bertz CT molecular complexity index is 572. The lowest BCUT2D eigenvalue weighted by molar-refractivity contribution is 0.212. The maximum atomic E-state index is 10.5. The molecule has 2 aromatic rings. The van der Waals surface area contributed by atoms with Crippen LogP contribution in [0.4, 0.5) is 5.69 Å². The Hall–Kier alpha value is -1.52. The van der Waals surface area contributed by atoms with Crippen LogP contribution < -0.4 is 10.5 Å². The molecule has 3 nitrogen and oxygen atoms in total. The normalized spacial score (nSPS) is 12.2. The molecule has 0 fully saturated rings. The minimum atomic E-state index is -0.805. The first-order chi connectivity index (χ1) is 9.13. The average molecular weight is 322 g/mol. The first-order valence-corrected chi connectivity index (χ1v) is 6.87. The summed E-state index contributed by atoms with van der Waals surface area (Å²) in [7, 11) is 0. The average Bonchev–Trinajstić information content (AvgIpc) is 2.42. The second-order valence-electron chi connectivity index (χ2n) is 4.15. The highest BCUT2D eigenvalue weighted by Gasteiger charge is 2.17. The van der Waals surface area contributed by atoms with Gasteiger partial charge in [-0.05, 0) is 31.2 Å². The van der Waals surface area contributed by atoms with Gasteiger partial charge in [-0.1, -0.05) is 34.1 Å². The van der Waals surface area contributed by atoms with Crippen LogP contribution in [0, 0.1) is 0 Å². The molecule has 0 heterocycles. The first kappa shape index (κ1) is 13.9. The van der Waals surface area contributed by atoms with Gasteiger partial charge in [0.2, 0.25) is 0 Å². The van der Waals surface area contributed by atoms with E-state index in [1.807, 2.05) is 43.3 Å². The fraction of sp³-hybridized carbons (Fsp3) is 0.200. The van der Waals surface area contributed by atoms with Gasteiger partial charge in [0.05, 0.1) is 6.61 Å². The van der Waals surface area contributed by atoms with Crippen LogP contribution >= 0.6 is 15.9 Å². The van der Waals surface area contributed by atoms with Crippen LogP contribution in [-0.4, -0.2) is 11.7 Å². The molecular weight excluding hydrogens is 306 g/mol. The van der Waals surface area contributed by atoms with E-state index < -0.39 is 6.10 Å². The Kier molecular flexibility index (Phi) is 4.45. The molecule has 2 rings (SSSR count). The molecule has 19 heavy (non-hydrogen) atoms. The van der Waals surface area contributed by atoms with Gasteiger partial charge in [-0.3, -0.25) is 0 Å². The molecule has 1 unspecified atom stereocenters. The van der Waals surface area contributed by atoms with Crippen molar-refractivity contribution >= 4 is 21.6 Å². The van der Waals surface area contributed by atoms with Gasteiger partial charge in [0, 0.05) is 21.3 Å². The summed E-state index contributed by atoms with van der Waals surface area (Å²) >= 11 is 3.39. The lowest BCUT2D eigenvalue weighted by Gasteiger charge is -2.17. The van der Waals surface area contributed by atoms with Gasteiger partial charge in [0.15, 0.2) is 0 Å². The number of nitrogen functional groups attached to an aromatic ring is 1. The quantitative estimate of drug-likeness (QED) is 0.847. The van der Waals surface area contributed by atoms with Crippen molar-refractivity contribution in [3.05, 3.63) is 58.1 Å². The maximum absolute atomic E-state index is 10.5. The predicted octanol–water partition coefficient (Wildman–Crippen LogP) is 3.51. The molecule has 4 heteroatoms. The van der Waals surface area contributed by atoms with Gasteiger partial charge >= 0.3 is 0 Å². The smallest absolute Gasteiger partial charge is 0.125 e. The number of anilines is 1. The van der Waals surface area contributed by atoms with Crippen molar-refractivity contribution in [3.63, 3.8) is 0 Å². The number of nitrogens with two attached hydrogens (primary N) is 1. The number of aliphatic hydroxyl groups excluding tert-OH is 1. The van der Waals surface area contributed by atoms with Crippen LogP contribution in [-0.2, 0) is 0 Å². The first-order valence-electron chi connectivity index (χ1n) is 6.08. The Balaban J connectivity index is 2.43. The molecule has 0 saturated heterocycles. The zero-order valence-corrected chi connectivity index (χ0v) is 12.2. The maximum Gasteiger partial charge on any atom is 0.125 e. The van der Waals surface area contributed by atoms with Crippen LogP contribution in [0.5, 0.6) is 5.75 Å². The summed E-state index contributed by atoms with van der Waals surface area (Å²) in [5.41, 5.74) is 7.87. The third kappa shape index (κ3) is 3.08. The van der Waals surface area contributed by atoms with Crippen LogP contribution in [0.15, 0.2) is 46.9 Å². The van der Waals surface area contributed by atoms with Crippen molar-refractivity contribution in [2.24, 2.45) is 0 Å². The van der Waals surface area contributed by atoms with Crippen molar-refractivity contribution < 1.29 is 9.84 Å². The van der Waals surface area contributed by atoms with E-state index in [0.717, 1.165) is 4.47 Å². The number of ether oxygens (including phenoxy) is 1. The third-order valence-electron chi connectivity index (χ3n) is 2.86. The number of hydrogen-bond acceptors (Lipinski definition) is 3. The molecule has 1 atom stereocenters. The lowest BCUT2D eigenvalue weighted by atomic mass is 9.99. The minimum Gasteiger partial charge on any atom is -0.493 e. The molecule has 0 aliphatic rings. The summed E-state index contributed by atoms with van der Waals surface area (Å²) in [5.74, 6) is 0.678. The lowest BCUT2D eigenvalue weighted by Crippen LogP contribution is -2.06. The van der Waals surface area contributed by atoms with E-state index >= 15 is 0 Å². The molecule has 2 aromatic carbocycles. The van der Waals surface area contributed by atoms with Gasteiger partial charge in [-0.15, -0.1) is 0 Å². The number of aliphatic hydroxyl groups is 1. The standard InChI is InChI=1S/C15H16BrNO2/c1-2-19-14-6-4-3-5-11(14)15(18)12-9-10(16)7-8-13(12)17/h3-9,15,18H,2,17H2,1H3. The highest BCUT2D eigenvalue weighted by atomic mass is 79.9. The Morgan fingerprint density at radius 1 is 1.21 bits per heavy atom. The number of rotatable bonds is 4. The van der Waals surface area contributed by atoms with Crippen LogP contribution in [0.25, 0.3) is 0 Å². The van der Waals surface area contributed by atoms with Gasteiger partial charge in [-0.25, -0.2) is 0 Å². The summed E-state index contributed by atoms with van der Waals surface area (Å²) in [6, 6.07) is 12.9. The highest BCUT2D eigenvalue weighted by Crippen LogP contribution is 2.33. The molecule has 0 aliphatic heterocycles. The zero-order chi connectivity index (χ0) is 13.8. The summed E-state index contributed by atoms with van der Waals surface area (Å²) < 4.78 is 6.42. The molecule has 100 valence electrons. The van der Waals surface area contributed by atoms with Gasteiger partial charge in [0.1, 0.15) is 11.9 Å². The number of hydrogen-bond donors (Lipinski definition) is 2. The van der Waals surface area contributed by atoms with Gasteiger partial charge in [0.25, 0.3) is 0 Å². The molecule has 0 aromatic heterocycles. The van der Waals surface area contributed by atoms with Gasteiger partial charge in [-0.2, -0.15) is 0 Å². The van der Waals surface area contributed by atoms with E-state index in [1.54, 1.807) is 6.07 Å². The summed E-state index contributed by atoms with van der Waals surface area (Å²) in [6.07, 6.45) is -0.805. The molecule has 0 spiro atoms. The number of para-hydroxylation sites is 1. The third-order valence-corrected chi connectivity index (χ3v) is 3.35. The van der Waals surface area contributed by atoms with Crippen LogP contribution in [0.3, 0.4) is 0 Å². The molecular formula is C15H16BrNO2. The van der Waals surface area contributed by atoms with Crippen molar-refractivity contribution in [2.75, 3.05) is 12.3 Å². The minimum absolute atomic E-state index is 0.553. The molecule has 0 bridgehead atoms. The van der Waals surface area contributed by atoms with Crippen molar-refractivity contribution in [1.29, 1.82) is 0 Å². The van der Waals surface area contributed by atoms with E-state index in [-0.39, 0.29) is 0 Å². The second kappa shape index (κ2) is 6.08. The fourth-order valence-corrected chi connectivity index (χ4v) is 2.32. The Labute approximate surface area is 121 Å². The molecule has 0 aliphatic carbocycles. The summed E-state index contributed by atoms with van der Waals surface area (Å²) in [4.78, 5) is 0. The van der Waals surface area contributed by atoms with Crippen LogP contribution in [0.1, 0.15) is 24.2 Å². The second-order valence-corrected chi connectivity index (χ2v) is 5.06. The molecule has 0 radical (unpaired) electrons. The van der Waals surface area contributed by atoms with E-state index in [1.165, 1.54) is 0 Å². The summed E-state index contributed by atoms with van der Waals surface area (Å²) in [6.45, 7) is 2.47. The summed E-state index contributed by atoms with van der Waals surface area (Å²) in [5, 5.41) is 10.5. The number of benzene rings is 2. The number of halogens is 1. The molecule has 0 saturated carbocycles. The van der Waals surface area contributed by atoms with Crippen LogP contribution in [0.2, 0.25) is 0 Å². The highest BCUT2D eigenvalue weighted by molar-refractivity contribution is 9.10. The van der Waals surface area contributed by atoms with E-state index in [9.17, 15) is 5.11 Å². The largest absolute Gasteiger partial charge is 0.493 e. The molecule has 0 amide bonds. The predicted molar refractivity (Wildman–Crippen MR) is 80.2 cm³/mol.